The number of benzene rings is 2. The van der Waals surface area contributed by atoms with Crippen molar-refractivity contribution >= 4 is 0 Å². The van der Waals surface area contributed by atoms with Crippen LogP contribution < -0.4 is 10.5 Å². The summed E-state index contributed by atoms with van der Waals surface area (Å²) in [4.78, 5) is 0. The Morgan fingerprint density at radius 3 is 2.45 bits per heavy atom. The third kappa shape index (κ3) is 4.08. The molecule has 2 nitrogen and oxygen atoms in total. The molecule has 20 heavy (non-hydrogen) atoms. The van der Waals surface area contributed by atoms with Gasteiger partial charge in [-0.3, -0.25) is 0 Å². The molecular weight excluding hydrogens is 260 g/mol. The third-order valence-corrected chi connectivity index (χ3v) is 2.52. The van der Waals surface area contributed by atoms with Crippen molar-refractivity contribution in [3.05, 3.63) is 65.2 Å². The lowest BCUT2D eigenvalue weighted by molar-refractivity contribution is 0.304. The molecule has 0 radical (unpaired) electrons. The maximum Gasteiger partial charge on any atom is 0.128 e. The molecule has 2 N–H and O–H groups in total. The van der Waals surface area contributed by atoms with Crippen molar-refractivity contribution in [2.45, 2.75) is 6.61 Å². The quantitative estimate of drug-likeness (QED) is 0.873. The van der Waals surface area contributed by atoms with Crippen molar-refractivity contribution in [2.24, 2.45) is 5.73 Å². The summed E-state index contributed by atoms with van der Waals surface area (Å²) in [6.45, 7) is 0.440. The summed E-state index contributed by atoms with van der Waals surface area (Å²) in [6, 6.07) is 10.2. The van der Waals surface area contributed by atoms with Crippen molar-refractivity contribution in [3.63, 3.8) is 0 Å². The van der Waals surface area contributed by atoms with E-state index in [-0.39, 0.29) is 19.0 Å². The number of hydrogen-bond donors (Lipinski definition) is 1. The molecule has 0 aromatic heterocycles. The van der Waals surface area contributed by atoms with Crippen LogP contribution in [0.3, 0.4) is 0 Å². The molecule has 0 amide bonds. The summed E-state index contributed by atoms with van der Waals surface area (Å²) in [5.41, 5.74) is 6.57. The summed E-state index contributed by atoms with van der Waals surface area (Å²) in [5.74, 6) is 5.04. The predicted molar refractivity (Wildman–Crippen MR) is 73.1 cm³/mol. The molecule has 0 aliphatic carbocycles. The number of ether oxygens (including phenoxy) is 1. The molecule has 0 unspecified atom stereocenters. The fourth-order valence-corrected chi connectivity index (χ4v) is 1.62. The Morgan fingerprint density at radius 2 is 1.75 bits per heavy atom. The first-order valence-electron chi connectivity index (χ1n) is 6.04. The fraction of sp³-hybridized carbons (Fsp3) is 0.125. The van der Waals surface area contributed by atoms with E-state index in [9.17, 15) is 8.78 Å². The first kappa shape index (κ1) is 14.0. The number of halogens is 2. The monoisotopic (exact) mass is 273 g/mol. The maximum atomic E-state index is 13.4. The van der Waals surface area contributed by atoms with E-state index in [1.807, 2.05) is 0 Å². The van der Waals surface area contributed by atoms with E-state index >= 15 is 0 Å². The minimum atomic E-state index is -0.428. The van der Waals surface area contributed by atoms with Gasteiger partial charge in [0.15, 0.2) is 0 Å². The summed E-state index contributed by atoms with van der Waals surface area (Å²) < 4.78 is 31.6. The van der Waals surface area contributed by atoms with Crippen LogP contribution in [0.2, 0.25) is 0 Å². The van der Waals surface area contributed by atoms with Crippen LogP contribution >= 0.6 is 0 Å². The summed E-state index contributed by atoms with van der Waals surface area (Å²) in [5, 5.41) is 0. The second kappa shape index (κ2) is 6.69. The van der Waals surface area contributed by atoms with Gasteiger partial charge in [0.25, 0.3) is 0 Å². The Hall–Kier alpha value is -2.38. The number of rotatable bonds is 3. The molecule has 0 bridgehead atoms. The van der Waals surface area contributed by atoms with Crippen LogP contribution in [0.5, 0.6) is 5.75 Å². The molecule has 0 atom stereocenters. The molecule has 2 aromatic carbocycles. The zero-order valence-electron chi connectivity index (χ0n) is 10.7. The zero-order valence-corrected chi connectivity index (χ0v) is 10.7. The molecule has 0 spiro atoms. The molecule has 0 heterocycles. The summed E-state index contributed by atoms with van der Waals surface area (Å²) in [7, 11) is 0. The van der Waals surface area contributed by atoms with Gasteiger partial charge in [-0.05, 0) is 29.8 Å². The Morgan fingerprint density at radius 1 is 1.00 bits per heavy atom. The van der Waals surface area contributed by atoms with E-state index in [4.69, 9.17) is 10.5 Å². The number of nitrogens with two attached hydrogens (primary N) is 1. The molecule has 0 aliphatic heterocycles. The second-order valence-corrected chi connectivity index (χ2v) is 4.10. The van der Waals surface area contributed by atoms with Gasteiger partial charge in [0, 0.05) is 11.6 Å². The first-order chi connectivity index (χ1) is 9.67. The van der Waals surface area contributed by atoms with E-state index < -0.39 is 5.82 Å². The van der Waals surface area contributed by atoms with Crippen molar-refractivity contribution in [3.8, 4) is 17.6 Å². The molecule has 0 saturated heterocycles. The molecule has 4 heteroatoms. The normalized spacial score (nSPS) is 9.75. The van der Waals surface area contributed by atoms with Crippen LogP contribution in [-0.2, 0) is 6.61 Å². The van der Waals surface area contributed by atoms with Gasteiger partial charge in [0.1, 0.15) is 24.0 Å². The van der Waals surface area contributed by atoms with Gasteiger partial charge in [0.05, 0.1) is 6.54 Å². The van der Waals surface area contributed by atoms with Crippen LogP contribution in [-0.4, -0.2) is 6.54 Å². The van der Waals surface area contributed by atoms with Gasteiger partial charge < -0.3 is 10.5 Å². The summed E-state index contributed by atoms with van der Waals surface area (Å²) >= 11 is 0. The first-order valence-corrected chi connectivity index (χ1v) is 6.04. The maximum absolute atomic E-state index is 13.4. The third-order valence-electron chi connectivity index (χ3n) is 2.52. The van der Waals surface area contributed by atoms with Gasteiger partial charge in [-0.25, -0.2) is 8.78 Å². The highest BCUT2D eigenvalue weighted by molar-refractivity contribution is 5.40. The molecule has 0 fully saturated rings. The average molecular weight is 273 g/mol. The minimum absolute atomic E-state index is 0.211. The van der Waals surface area contributed by atoms with Crippen molar-refractivity contribution in [2.75, 3.05) is 6.54 Å². The summed E-state index contributed by atoms with van der Waals surface area (Å²) in [6.07, 6.45) is 0. The number of hydrogen-bond acceptors (Lipinski definition) is 2. The topological polar surface area (TPSA) is 35.2 Å². The molecular formula is C16H13F2NO. The lowest BCUT2D eigenvalue weighted by Crippen LogP contribution is -1.97. The second-order valence-electron chi connectivity index (χ2n) is 4.10. The van der Waals surface area contributed by atoms with E-state index in [0.29, 0.717) is 11.3 Å². The lowest BCUT2D eigenvalue weighted by atomic mass is 10.2. The molecule has 0 saturated carbocycles. The van der Waals surface area contributed by atoms with Crippen LogP contribution in [0.1, 0.15) is 11.1 Å². The molecule has 102 valence electrons. The molecule has 2 aromatic rings. The standard InChI is InChI=1S/C16H13F2NO/c17-14-5-3-12(4-6-14)11-20-16-9-13(2-1-7-19)8-15(18)10-16/h3-6,8-10H,7,11,19H2. The van der Waals surface area contributed by atoms with Gasteiger partial charge >= 0.3 is 0 Å². The van der Waals surface area contributed by atoms with E-state index in [1.165, 1.54) is 24.3 Å². The fourth-order valence-electron chi connectivity index (χ4n) is 1.62. The predicted octanol–water partition coefficient (Wildman–Crippen LogP) is 2.85. The smallest absolute Gasteiger partial charge is 0.128 e. The SMILES string of the molecule is NCC#Cc1cc(F)cc(OCc2ccc(F)cc2)c1. The van der Waals surface area contributed by atoms with Crippen LogP contribution in [0.25, 0.3) is 0 Å². The minimum Gasteiger partial charge on any atom is -0.489 e. The Kier molecular flexibility index (Phi) is 4.70. The highest BCUT2D eigenvalue weighted by atomic mass is 19.1. The highest BCUT2D eigenvalue weighted by Gasteiger charge is 2.01. The zero-order chi connectivity index (χ0) is 14.4. The van der Waals surface area contributed by atoms with E-state index in [0.717, 1.165) is 5.56 Å². The molecule has 2 rings (SSSR count). The van der Waals surface area contributed by atoms with E-state index in [2.05, 4.69) is 11.8 Å². The van der Waals surface area contributed by atoms with Gasteiger partial charge in [-0.1, -0.05) is 24.0 Å². The van der Waals surface area contributed by atoms with Gasteiger partial charge in [-0.15, -0.1) is 0 Å². The van der Waals surface area contributed by atoms with Crippen LogP contribution in [0.15, 0.2) is 42.5 Å². The van der Waals surface area contributed by atoms with Gasteiger partial charge in [0.2, 0.25) is 0 Å². The van der Waals surface area contributed by atoms with E-state index in [1.54, 1.807) is 18.2 Å². The Bertz CT molecular complexity index is 642. The van der Waals surface area contributed by atoms with Crippen molar-refractivity contribution in [1.82, 2.24) is 0 Å². The van der Waals surface area contributed by atoms with Crippen molar-refractivity contribution < 1.29 is 13.5 Å². The Balaban J connectivity index is 2.09. The highest BCUT2D eigenvalue weighted by Crippen LogP contribution is 2.17. The van der Waals surface area contributed by atoms with Crippen molar-refractivity contribution in [1.29, 1.82) is 0 Å². The van der Waals surface area contributed by atoms with Gasteiger partial charge in [-0.2, -0.15) is 0 Å². The largest absolute Gasteiger partial charge is 0.489 e. The molecule has 0 aliphatic rings. The Labute approximate surface area is 116 Å². The lowest BCUT2D eigenvalue weighted by Gasteiger charge is -2.07. The van der Waals surface area contributed by atoms with Crippen LogP contribution in [0.4, 0.5) is 8.78 Å². The average Bonchev–Trinajstić information content (AvgIpc) is 2.44. The van der Waals surface area contributed by atoms with Crippen LogP contribution in [0, 0.1) is 23.5 Å².